The van der Waals surface area contributed by atoms with Gasteiger partial charge in [-0.1, -0.05) is 219 Å². The Hall–Kier alpha value is -6.72. The van der Waals surface area contributed by atoms with Gasteiger partial charge in [-0.25, -0.2) is 48.3 Å². The second-order valence-electron chi connectivity index (χ2n) is 35.0. The van der Waals surface area contributed by atoms with Crippen LogP contribution in [0.2, 0.25) is 15.1 Å². The van der Waals surface area contributed by atoms with Crippen molar-refractivity contribution < 1.29 is 63.2 Å². The van der Waals surface area contributed by atoms with Gasteiger partial charge in [0, 0.05) is 53.9 Å². The van der Waals surface area contributed by atoms with Crippen LogP contribution in [0.25, 0.3) is 0 Å². The molecule has 2 heterocycles. The quantitative estimate of drug-likeness (QED) is 0.0627. The Bertz CT molecular complexity index is 4240. The molecule has 0 saturated carbocycles. The van der Waals surface area contributed by atoms with Crippen molar-refractivity contribution in [1.82, 2.24) is 0 Å². The molecule has 9 atom stereocenters. The first-order valence-corrected chi connectivity index (χ1v) is 43.9. The van der Waals surface area contributed by atoms with Crippen LogP contribution >= 0.6 is 46.1 Å². The molecule has 1 aromatic heterocycles. The summed E-state index contributed by atoms with van der Waals surface area (Å²) >= 11 is 19.5. The lowest BCUT2D eigenvalue weighted by Crippen LogP contribution is -2.18. The van der Waals surface area contributed by atoms with Crippen molar-refractivity contribution in [2.45, 2.75) is 254 Å². The zero-order chi connectivity index (χ0) is 91.8. The largest absolute Gasteiger partial charge is 0.493 e. The fraction of sp³-hybridized carbons (Fsp3) is 0.490. The van der Waals surface area contributed by atoms with Crippen molar-refractivity contribution in [3.8, 4) is 5.75 Å². The van der Waals surface area contributed by atoms with Gasteiger partial charge in [-0.3, -0.25) is 0 Å². The van der Waals surface area contributed by atoms with E-state index in [1.807, 2.05) is 124 Å². The molecule has 0 bridgehead atoms. The molecule has 18 heteroatoms. The monoisotopic (exact) mass is 1750 g/mol. The van der Waals surface area contributed by atoms with E-state index in [4.69, 9.17) is 44.6 Å². The maximum absolute atomic E-state index is 13.2. The summed E-state index contributed by atoms with van der Waals surface area (Å²) in [6.07, 6.45) is 0.994. The van der Waals surface area contributed by atoms with E-state index in [9.17, 15) is 53.4 Å². The molecule has 0 radical (unpaired) electrons. The van der Waals surface area contributed by atoms with Gasteiger partial charge in [0.25, 0.3) is 0 Å². The third kappa shape index (κ3) is 37.4. The van der Waals surface area contributed by atoms with Crippen LogP contribution in [0.4, 0.5) is 48.3 Å². The Morgan fingerprint density at radius 2 is 0.708 bits per heavy atom. The number of rotatable bonds is 19. The van der Waals surface area contributed by atoms with Crippen LogP contribution in [0.3, 0.4) is 0 Å². The van der Waals surface area contributed by atoms with Gasteiger partial charge in [0.1, 0.15) is 52.3 Å². The third-order valence-electron chi connectivity index (χ3n) is 22.8. The highest BCUT2D eigenvalue weighted by Crippen LogP contribution is 2.40. The van der Waals surface area contributed by atoms with Gasteiger partial charge < -0.3 is 14.9 Å². The van der Waals surface area contributed by atoms with E-state index < -0.39 is 40.7 Å². The van der Waals surface area contributed by atoms with E-state index in [-0.39, 0.29) is 77.2 Å². The molecule has 1 aliphatic heterocycles. The van der Waals surface area contributed by atoms with E-state index >= 15 is 0 Å². The highest BCUT2D eigenvalue weighted by molar-refractivity contribution is 7.12. The van der Waals surface area contributed by atoms with E-state index in [1.54, 1.807) is 37.3 Å². The van der Waals surface area contributed by atoms with E-state index in [0.29, 0.717) is 76.0 Å². The van der Waals surface area contributed by atoms with Crippen molar-refractivity contribution in [1.29, 1.82) is 0 Å². The van der Waals surface area contributed by atoms with Crippen LogP contribution in [0.1, 0.15) is 297 Å². The van der Waals surface area contributed by atoms with Crippen molar-refractivity contribution in [3.05, 3.63) is 296 Å². The number of aliphatic hydroxyl groups is 2. The van der Waals surface area contributed by atoms with Crippen LogP contribution in [-0.2, 0) is 0 Å². The van der Waals surface area contributed by atoms with Crippen molar-refractivity contribution in [3.63, 3.8) is 0 Å². The van der Waals surface area contributed by atoms with E-state index in [2.05, 4.69) is 116 Å². The SMILES string of the molecule is CC(C)C(C)c1cc(Cl)cc(Cl)c1.CC(C)C(C)c1cc(F)cc(Cl)c1.CC(C)C(C)c1cc(F)cc(F)c1.CC(C)C(CO)c1cc(F)c(F)c(F)c1.CC(C)C1CCOc2ccc(F)cc21.Cc1c(F)cc(C(C)C(C)C)cc1F.Cc1cc(F)cc(C(CO)C(C)C)c1.Cc1ccc(C(C)C(C)C)cc1F.Cc1ccc(C(C)C(C)C)s1. The topological polar surface area (TPSA) is 49.7 Å². The lowest BCUT2D eigenvalue weighted by molar-refractivity contribution is 0.236. The van der Waals surface area contributed by atoms with Crippen LogP contribution in [0.5, 0.6) is 5.75 Å². The minimum absolute atomic E-state index is 0.0271. The third-order valence-corrected chi connectivity index (χ3v) is 24.6. The summed E-state index contributed by atoms with van der Waals surface area (Å²) in [5.74, 6) is 0.833. The fourth-order valence-corrected chi connectivity index (χ4v) is 14.4. The Labute approximate surface area is 732 Å². The van der Waals surface area contributed by atoms with Gasteiger partial charge >= 0.3 is 0 Å². The number of halogens is 14. The maximum atomic E-state index is 13.2. The molecule has 0 aliphatic carbocycles. The zero-order valence-corrected chi connectivity index (χ0v) is 79.2. The summed E-state index contributed by atoms with van der Waals surface area (Å²) < 4.78 is 148. The Balaban J connectivity index is 0.000000458. The summed E-state index contributed by atoms with van der Waals surface area (Å²) in [5.41, 5.74) is 8.68. The Kier molecular flexibility index (Phi) is 48.7. The fourth-order valence-electron chi connectivity index (χ4n) is 12.5. The summed E-state index contributed by atoms with van der Waals surface area (Å²) in [4.78, 5) is 2.95. The molecule has 0 spiro atoms. The summed E-state index contributed by atoms with van der Waals surface area (Å²) in [6, 6.07) is 38.6. The summed E-state index contributed by atoms with van der Waals surface area (Å²) in [7, 11) is 0. The van der Waals surface area contributed by atoms with Crippen LogP contribution in [-0.4, -0.2) is 30.0 Å². The molecule has 0 fully saturated rings. The highest BCUT2D eigenvalue weighted by Gasteiger charge is 2.26. The van der Waals surface area contributed by atoms with Crippen LogP contribution in [0.15, 0.2) is 146 Å². The number of hydrogen-bond donors (Lipinski definition) is 2. The first-order valence-electron chi connectivity index (χ1n) is 42.0. The molecule has 9 aromatic rings. The van der Waals surface area contributed by atoms with Gasteiger partial charge in [0.2, 0.25) is 0 Å². The van der Waals surface area contributed by atoms with Crippen molar-refractivity contribution >= 4 is 46.1 Å². The number of aliphatic hydroxyl groups excluding tert-OH is 2. The average Bonchev–Trinajstić information content (AvgIpc) is 1.49. The van der Waals surface area contributed by atoms with Gasteiger partial charge in [-0.05, 0) is 300 Å². The predicted octanol–water partition coefficient (Wildman–Crippen LogP) is 33.5. The molecule has 1 aliphatic rings. The number of aryl methyl sites for hydroxylation is 3. The molecule has 0 saturated heterocycles. The number of benzene rings is 8. The lowest BCUT2D eigenvalue weighted by Gasteiger charge is -2.28. The second kappa shape index (κ2) is 53.5. The molecule has 3 nitrogen and oxygen atoms in total. The Morgan fingerprint density at radius 3 is 1.09 bits per heavy atom. The van der Waals surface area contributed by atoms with Gasteiger partial charge in [-0.15, -0.1) is 11.3 Å². The standard InChI is InChI=1S/C12H16F2.C12H15FO.C12H17FO.C12H17F.C11H14Cl2.C11H14ClF.C11H13F3O.C11H14F2.C10H16S/c1-7(2)8(3)10-5-11(13)9(4)12(14)6-10;1-8(2)10-5-6-14-12-4-3-9(13)7-11(10)12;1-8(2)12(7-14)10-4-9(3)5-11(13)6-10;1-8(2)10(4)11-6-5-9(3)12(13)7-11;2*1-7(2)8(3)9-4-10(12)6-11(13)5-9;1-6(2)8(5-15)7-3-9(12)11(14)10(13)4-7;1-7(2)8(3)9-4-10(12)6-11(13)5-9;1-7(2)9(4)10-6-5-8(3)11-10/h5-8H,1-4H3;3-4,7-8,10H,5-6H2,1-2H3;4-6,8,12,14H,7H2,1-3H3;5-8,10H,1-4H3;2*4-8H,1-3H3;3-4,6,8,15H,5H2,1-2H3;4-8H,1-3H3;5-7,9H,1-4H3. The predicted molar refractivity (Wildman–Crippen MR) is 486 cm³/mol. The number of thiophene rings is 1. The first-order chi connectivity index (χ1) is 55.8. The molecule has 2 N–H and O–H groups in total. The zero-order valence-electron chi connectivity index (χ0n) is 76.1. The smallest absolute Gasteiger partial charge is 0.194 e. The normalized spacial score (nSPS) is 14.2. The molecular weight excluding hydrogens is 1620 g/mol. The average molecular weight is 1760 g/mol. The van der Waals surface area contributed by atoms with Crippen molar-refractivity contribution in [2.24, 2.45) is 53.3 Å². The molecule has 9 unspecified atom stereocenters. The first kappa shape index (κ1) is 109. The lowest BCUT2D eigenvalue weighted by atomic mass is 9.84. The van der Waals surface area contributed by atoms with Crippen LogP contribution in [0, 0.1) is 145 Å². The summed E-state index contributed by atoms with van der Waals surface area (Å²) in [6.45, 7) is 58.2. The maximum Gasteiger partial charge on any atom is 0.194 e. The molecule has 8 aromatic carbocycles. The second-order valence-corrected chi connectivity index (χ2v) is 37.6. The minimum Gasteiger partial charge on any atom is -0.493 e. The number of fused-ring (bicyclic) bond motifs is 1. The molecule has 666 valence electrons. The molecule has 10 rings (SSSR count). The summed E-state index contributed by atoms with van der Waals surface area (Å²) in [5, 5.41) is 20.2. The molecule has 0 amide bonds. The van der Waals surface area contributed by atoms with E-state index in [1.165, 1.54) is 70.8 Å². The molecule has 120 heavy (non-hydrogen) atoms. The number of ether oxygens (including phenoxy) is 1. The van der Waals surface area contributed by atoms with Crippen molar-refractivity contribution in [2.75, 3.05) is 19.8 Å². The van der Waals surface area contributed by atoms with Gasteiger partial charge in [0.15, 0.2) is 17.5 Å². The van der Waals surface area contributed by atoms with E-state index in [0.717, 1.165) is 97.4 Å². The Morgan fingerprint density at radius 1 is 0.342 bits per heavy atom. The van der Waals surface area contributed by atoms with Gasteiger partial charge in [0.05, 0.1) is 19.8 Å². The number of hydrogen-bond acceptors (Lipinski definition) is 4. The van der Waals surface area contributed by atoms with Crippen LogP contribution < -0.4 is 4.74 Å². The van der Waals surface area contributed by atoms with Gasteiger partial charge in [-0.2, -0.15) is 0 Å². The minimum atomic E-state index is -1.47. The highest BCUT2D eigenvalue weighted by atomic mass is 35.5. The molecular formula is C102H136Cl3F11O3S.